The molecule has 17 heavy (non-hydrogen) atoms. The predicted molar refractivity (Wildman–Crippen MR) is 66.8 cm³/mol. The van der Waals surface area contributed by atoms with Gasteiger partial charge in [-0.3, -0.25) is 4.79 Å². The third-order valence-electron chi connectivity index (χ3n) is 2.61. The van der Waals surface area contributed by atoms with Crippen molar-refractivity contribution in [1.29, 1.82) is 0 Å². The molecule has 2 aromatic carbocycles. The van der Waals surface area contributed by atoms with Crippen molar-refractivity contribution in [2.45, 2.75) is 6.92 Å². The zero-order valence-electron chi connectivity index (χ0n) is 9.47. The average molecular weight is 227 g/mol. The van der Waals surface area contributed by atoms with Crippen LogP contribution >= 0.6 is 0 Å². The van der Waals surface area contributed by atoms with E-state index in [1.165, 1.54) is 6.07 Å². The molecule has 3 nitrogen and oxygen atoms in total. The molecule has 3 heteroatoms. The number of primary amides is 1. The molecule has 0 aliphatic rings. The van der Waals surface area contributed by atoms with E-state index in [0.717, 1.165) is 11.1 Å². The van der Waals surface area contributed by atoms with Gasteiger partial charge in [0.2, 0.25) is 5.91 Å². The third-order valence-corrected chi connectivity index (χ3v) is 2.61. The number of carbonyl (C=O) groups excluding carboxylic acids is 1. The highest BCUT2D eigenvalue weighted by Crippen LogP contribution is 2.30. The van der Waals surface area contributed by atoms with Crippen molar-refractivity contribution in [3.8, 4) is 16.9 Å². The first-order chi connectivity index (χ1) is 8.08. The molecular weight excluding hydrogens is 214 g/mol. The van der Waals surface area contributed by atoms with Crippen molar-refractivity contribution in [2.24, 2.45) is 5.73 Å². The summed E-state index contributed by atoms with van der Waals surface area (Å²) in [5.41, 5.74) is 8.17. The number of benzene rings is 2. The van der Waals surface area contributed by atoms with E-state index in [1.807, 2.05) is 31.2 Å². The summed E-state index contributed by atoms with van der Waals surface area (Å²) in [5, 5.41) is 9.88. The Labute approximate surface area is 99.5 Å². The number of nitrogens with two attached hydrogens (primary N) is 1. The number of aryl methyl sites for hydroxylation is 1. The van der Waals surface area contributed by atoms with Gasteiger partial charge in [0.15, 0.2) is 0 Å². The van der Waals surface area contributed by atoms with Crippen LogP contribution in [0.25, 0.3) is 11.1 Å². The zero-order chi connectivity index (χ0) is 12.4. The number of hydrogen-bond acceptors (Lipinski definition) is 2. The first-order valence-electron chi connectivity index (χ1n) is 5.28. The Morgan fingerprint density at radius 1 is 1.18 bits per heavy atom. The predicted octanol–water partition coefficient (Wildman–Crippen LogP) is 2.47. The second kappa shape index (κ2) is 4.29. The minimum Gasteiger partial charge on any atom is -0.507 e. The molecule has 0 aliphatic heterocycles. The van der Waals surface area contributed by atoms with Crippen LogP contribution < -0.4 is 5.73 Å². The fourth-order valence-electron chi connectivity index (χ4n) is 1.74. The fourth-order valence-corrected chi connectivity index (χ4v) is 1.74. The molecule has 0 atom stereocenters. The minimum atomic E-state index is -0.545. The largest absolute Gasteiger partial charge is 0.507 e. The van der Waals surface area contributed by atoms with Crippen molar-refractivity contribution in [3.05, 3.63) is 53.6 Å². The molecule has 0 aliphatic carbocycles. The first kappa shape index (κ1) is 11.2. The van der Waals surface area contributed by atoms with Gasteiger partial charge in [-0.15, -0.1) is 0 Å². The molecule has 2 rings (SSSR count). The lowest BCUT2D eigenvalue weighted by molar-refractivity contribution is 0.1000. The molecular formula is C14H13NO2. The number of rotatable bonds is 2. The second-order valence-electron chi connectivity index (χ2n) is 3.97. The summed E-state index contributed by atoms with van der Waals surface area (Å²) in [4.78, 5) is 11.0. The molecule has 0 fully saturated rings. The molecule has 0 heterocycles. The first-order valence-corrected chi connectivity index (χ1v) is 5.28. The summed E-state index contributed by atoms with van der Waals surface area (Å²) < 4.78 is 0. The van der Waals surface area contributed by atoms with Crippen molar-refractivity contribution < 1.29 is 9.90 Å². The molecule has 0 spiro atoms. The highest BCUT2D eigenvalue weighted by atomic mass is 16.3. The van der Waals surface area contributed by atoms with Gasteiger partial charge in [-0.05, 0) is 30.7 Å². The highest BCUT2D eigenvalue weighted by Gasteiger charge is 2.07. The smallest absolute Gasteiger partial charge is 0.248 e. The van der Waals surface area contributed by atoms with Crippen LogP contribution in [0, 0.1) is 6.92 Å². The second-order valence-corrected chi connectivity index (χ2v) is 3.97. The van der Waals surface area contributed by atoms with Gasteiger partial charge in [-0.1, -0.05) is 29.8 Å². The molecule has 3 N–H and O–H groups in total. The molecule has 0 bridgehead atoms. The van der Waals surface area contributed by atoms with E-state index >= 15 is 0 Å². The monoisotopic (exact) mass is 227 g/mol. The Bertz CT molecular complexity index is 576. The number of hydrogen-bond donors (Lipinski definition) is 2. The molecule has 0 aromatic heterocycles. The highest BCUT2D eigenvalue weighted by molar-refractivity contribution is 5.94. The van der Waals surface area contributed by atoms with E-state index in [-0.39, 0.29) is 5.75 Å². The molecule has 86 valence electrons. The van der Waals surface area contributed by atoms with E-state index in [9.17, 15) is 9.90 Å². The van der Waals surface area contributed by atoms with Gasteiger partial charge in [0.1, 0.15) is 5.75 Å². The summed E-state index contributed by atoms with van der Waals surface area (Å²) in [6.07, 6.45) is 0. The molecule has 0 radical (unpaired) electrons. The van der Waals surface area contributed by atoms with Gasteiger partial charge in [-0.25, -0.2) is 0 Å². The van der Waals surface area contributed by atoms with E-state index in [0.29, 0.717) is 11.1 Å². The third kappa shape index (κ3) is 2.28. The van der Waals surface area contributed by atoms with Gasteiger partial charge in [0.25, 0.3) is 0 Å². The molecule has 0 saturated heterocycles. The van der Waals surface area contributed by atoms with Crippen molar-refractivity contribution in [2.75, 3.05) is 0 Å². The summed E-state index contributed by atoms with van der Waals surface area (Å²) in [6, 6.07) is 12.5. The fraction of sp³-hybridized carbons (Fsp3) is 0.0714. The lowest BCUT2D eigenvalue weighted by Crippen LogP contribution is -2.10. The topological polar surface area (TPSA) is 63.3 Å². The summed E-state index contributed by atoms with van der Waals surface area (Å²) >= 11 is 0. The van der Waals surface area contributed by atoms with Gasteiger partial charge < -0.3 is 10.8 Å². The lowest BCUT2D eigenvalue weighted by Gasteiger charge is -2.06. The molecule has 1 amide bonds. The summed E-state index contributed by atoms with van der Waals surface area (Å²) in [7, 11) is 0. The molecule has 0 unspecified atom stereocenters. The maximum atomic E-state index is 11.0. The van der Waals surface area contributed by atoms with E-state index in [2.05, 4.69) is 0 Å². The van der Waals surface area contributed by atoms with Crippen molar-refractivity contribution in [1.82, 2.24) is 0 Å². The maximum Gasteiger partial charge on any atom is 0.248 e. The van der Waals surface area contributed by atoms with Crippen LogP contribution in [0.4, 0.5) is 0 Å². The summed E-state index contributed by atoms with van der Waals surface area (Å²) in [6.45, 7) is 1.98. The number of aromatic hydroxyl groups is 1. The number of phenols is 1. The Hall–Kier alpha value is -2.29. The lowest BCUT2D eigenvalue weighted by atomic mass is 10.0. The Morgan fingerprint density at radius 2 is 1.94 bits per heavy atom. The molecule has 0 saturated carbocycles. The summed E-state index contributed by atoms with van der Waals surface area (Å²) in [5.74, 6) is -0.483. The van der Waals surface area contributed by atoms with Gasteiger partial charge in [0.05, 0.1) is 0 Å². The Kier molecular flexibility index (Phi) is 2.83. The van der Waals surface area contributed by atoms with Crippen molar-refractivity contribution >= 4 is 5.91 Å². The van der Waals surface area contributed by atoms with Crippen LogP contribution in [0.5, 0.6) is 5.75 Å². The van der Waals surface area contributed by atoms with Gasteiger partial charge in [0, 0.05) is 11.1 Å². The van der Waals surface area contributed by atoms with E-state index in [4.69, 9.17) is 5.73 Å². The van der Waals surface area contributed by atoms with E-state index in [1.54, 1.807) is 12.1 Å². The van der Waals surface area contributed by atoms with Crippen LogP contribution in [-0.2, 0) is 0 Å². The zero-order valence-corrected chi connectivity index (χ0v) is 9.47. The van der Waals surface area contributed by atoms with Crippen LogP contribution in [0.15, 0.2) is 42.5 Å². The maximum absolute atomic E-state index is 11.0. The van der Waals surface area contributed by atoms with Crippen LogP contribution in [0.2, 0.25) is 0 Å². The van der Waals surface area contributed by atoms with Gasteiger partial charge in [-0.2, -0.15) is 0 Å². The standard InChI is InChI=1S/C14H13NO2/c1-9-3-2-4-10(7-9)12-6-5-11(14(15)17)8-13(12)16/h2-8,16H,1H3,(H2,15,17). The SMILES string of the molecule is Cc1cccc(-c2ccc(C(N)=O)cc2O)c1. The minimum absolute atomic E-state index is 0.0619. The van der Waals surface area contributed by atoms with Gasteiger partial charge >= 0.3 is 0 Å². The van der Waals surface area contributed by atoms with E-state index < -0.39 is 5.91 Å². The van der Waals surface area contributed by atoms with Crippen LogP contribution in [0.3, 0.4) is 0 Å². The molecule has 2 aromatic rings. The Morgan fingerprint density at radius 3 is 2.53 bits per heavy atom. The number of carbonyl (C=O) groups is 1. The average Bonchev–Trinajstić information content (AvgIpc) is 2.28. The quantitative estimate of drug-likeness (QED) is 0.827. The number of phenolic OH excluding ortho intramolecular Hbond substituents is 1. The van der Waals surface area contributed by atoms with Crippen LogP contribution in [0.1, 0.15) is 15.9 Å². The Balaban J connectivity index is 2.50. The normalized spacial score (nSPS) is 10.2. The van der Waals surface area contributed by atoms with Crippen LogP contribution in [-0.4, -0.2) is 11.0 Å². The van der Waals surface area contributed by atoms with Crippen molar-refractivity contribution in [3.63, 3.8) is 0 Å². The number of amides is 1.